The predicted octanol–water partition coefficient (Wildman–Crippen LogP) is 1.45. The monoisotopic (exact) mass is 285 g/mol. The number of nitrogens with one attached hydrogen (secondary N) is 1. The van der Waals surface area contributed by atoms with E-state index in [-0.39, 0.29) is 4.90 Å². The van der Waals surface area contributed by atoms with E-state index in [1.165, 1.54) is 14.0 Å². The van der Waals surface area contributed by atoms with Gasteiger partial charge in [-0.3, -0.25) is 4.79 Å². The number of hydrogen-bond acceptors (Lipinski definition) is 4. The van der Waals surface area contributed by atoms with Gasteiger partial charge in [0, 0.05) is 0 Å². The maximum absolute atomic E-state index is 12.3. The maximum Gasteiger partial charge on any atom is 0.323 e. The molecule has 19 heavy (non-hydrogen) atoms. The van der Waals surface area contributed by atoms with E-state index in [1.807, 2.05) is 6.92 Å². The third kappa shape index (κ3) is 3.54. The lowest BCUT2D eigenvalue weighted by Crippen LogP contribution is -2.39. The Kier molecular flexibility index (Phi) is 4.70. The van der Waals surface area contributed by atoms with Gasteiger partial charge in [0.2, 0.25) is 10.0 Å². The fraction of sp³-hybridized carbons (Fsp3) is 0.462. The summed E-state index contributed by atoms with van der Waals surface area (Å²) in [6.07, 6.45) is 0. The molecule has 1 atom stereocenters. The smallest absolute Gasteiger partial charge is 0.323 e. The van der Waals surface area contributed by atoms with Crippen molar-refractivity contribution in [2.75, 3.05) is 7.11 Å². The second kappa shape index (κ2) is 5.71. The van der Waals surface area contributed by atoms with Crippen molar-refractivity contribution < 1.29 is 17.9 Å². The largest absolute Gasteiger partial charge is 0.468 e. The van der Waals surface area contributed by atoms with Crippen LogP contribution in [-0.2, 0) is 19.6 Å². The zero-order valence-corrected chi connectivity index (χ0v) is 12.6. The molecule has 106 valence electrons. The van der Waals surface area contributed by atoms with Crippen molar-refractivity contribution in [2.45, 2.75) is 38.6 Å². The van der Waals surface area contributed by atoms with Crippen LogP contribution < -0.4 is 4.72 Å². The van der Waals surface area contributed by atoms with Crippen molar-refractivity contribution >= 4 is 16.0 Å². The standard InChI is InChI=1S/C13H19NO4S/c1-8-6-9(2)12(10(3)7-8)19(16,17)14-11(4)13(15)18-5/h6-7,11,14H,1-5H3. The van der Waals surface area contributed by atoms with Crippen LogP contribution in [0.1, 0.15) is 23.6 Å². The summed E-state index contributed by atoms with van der Waals surface area (Å²) in [7, 11) is -2.53. The van der Waals surface area contributed by atoms with Crippen molar-refractivity contribution in [3.63, 3.8) is 0 Å². The highest BCUT2D eigenvalue weighted by Gasteiger charge is 2.25. The van der Waals surface area contributed by atoms with Gasteiger partial charge in [0.15, 0.2) is 0 Å². The molecule has 0 bridgehead atoms. The average molecular weight is 285 g/mol. The molecular weight excluding hydrogens is 266 g/mol. The molecule has 0 saturated carbocycles. The summed E-state index contributed by atoms with van der Waals surface area (Å²) >= 11 is 0. The lowest BCUT2D eigenvalue weighted by atomic mass is 10.1. The fourth-order valence-electron chi connectivity index (χ4n) is 2.11. The first-order valence-electron chi connectivity index (χ1n) is 5.87. The van der Waals surface area contributed by atoms with Crippen molar-refractivity contribution in [1.29, 1.82) is 0 Å². The molecule has 0 aromatic heterocycles. The summed E-state index contributed by atoms with van der Waals surface area (Å²) in [5, 5.41) is 0. The summed E-state index contributed by atoms with van der Waals surface area (Å²) in [6, 6.07) is 2.67. The van der Waals surface area contributed by atoms with Crippen molar-refractivity contribution in [1.82, 2.24) is 4.72 Å². The minimum Gasteiger partial charge on any atom is -0.468 e. The highest BCUT2D eigenvalue weighted by molar-refractivity contribution is 7.89. The number of sulfonamides is 1. The minimum absolute atomic E-state index is 0.217. The number of aryl methyl sites for hydroxylation is 3. The molecule has 0 fully saturated rings. The zero-order chi connectivity index (χ0) is 14.8. The molecule has 6 heteroatoms. The normalized spacial score (nSPS) is 13.1. The van der Waals surface area contributed by atoms with E-state index in [2.05, 4.69) is 9.46 Å². The van der Waals surface area contributed by atoms with Crippen LogP contribution >= 0.6 is 0 Å². The molecule has 0 aliphatic rings. The van der Waals surface area contributed by atoms with Crippen LogP contribution in [0.5, 0.6) is 0 Å². The molecule has 0 amide bonds. The fourth-order valence-corrected chi connectivity index (χ4v) is 3.75. The number of rotatable bonds is 4. The Morgan fingerprint density at radius 1 is 1.21 bits per heavy atom. The number of benzene rings is 1. The van der Waals surface area contributed by atoms with E-state index in [0.717, 1.165) is 5.56 Å². The molecule has 1 unspecified atom stereocenters. The summed E-state index contributed by atoms with van der Waals surface area (Å²) in [5.74, 6) is -0.619. The Bertz CT molecular complexity index is 570. The molecule has 0 aliphatic heterocycles. The predicted molar refractivity (Wildman–Crippen MR) is 72.5 cm³/mol. The Labute approximate surface area is 114 Å². The number of carbonyl (C=O) groups excluding carboxylic acids is 1. The van der Waals surface area contributed by atoms with E-state index in [9.17, 15) is 13.2 Å². The first-order chi connectivity index (χ1) is 8.69. The lowest BCUT2D eigenvalue weighted by Gasteiger charge is -2.16. The lowest BCUT2D eigenvalue weighted by molar-refractivity contribution is -0.142. The molecule has 1 rings (SSSR count). The summed E-state index contributed by atoms with van der Waals surface area (Å²) < 4.78 is 31.4. The van der Waals surface area contributed by atoms with Gasteiger partial charge in [-0.15, -0.1) is 0 Å². The van der Waals surface area contributed by atoms with Crippen LogP contribution in [0.25, 0.3) is 0 Å². The van der Waals surface area contributed by atoms with E-state index in [1.54, 1.807) is 26.0 Å². The molecule has 0 spiro atoms. The first-order valence-corrected chi connectivity index (χ1v) is 7.35. The Balaban J connectivity index is 3.18. The Hall–Kier alpha value is -1.40. The van der Waals surface area contributed by atoms with Crippen LogP contribution in [0.15, 0.2) is 17.0 Å². The minimum atomic E-state index is -3.74. The molecule has 0 radical (unpaired) electrons. The van der Waals surface area contributed by atoms with Crippen LogP contribution in [0.3, 0.4) is 0 Å². The quantitative estimate of drug-likeness (QED) is 0.850. The average Bonchev–Trinajstić information content (AvgIpc) is 2.24. The third-order valence-electron chi connectivity index (χ3n) is 2.76. The second-order valence-corrected chi connectivity index (χ2v) is 6.24. The number of ether oxygens (including phenoxy) is 1. The van der Waals surface area contributed by atoms with Gasteiger partial charge in [0.1, 0.15) is 6.04 Å². The second-order valence-electron chi connectivity index (χ2n) is 4.59. The maximum atomic E-state index is 12.3. The van der Waals surface area contributed by atoms with Crippen molar-refractivity contribution in [3.8, 4) is 0 Å². The van der Waals surface area contributed by atoms with Crippen LogP contribution in [0.4, 0.5) is 0 Å². The van der Waals surface area contributed by atoms with Gasteiger partial charge in [-0.05, 0) is 38.8 Å². The van der Waals surface area contributed by atoms with Crippen LogP contribution in [0, 0.1) is 20.8 Å². The highest BCUT2D eigenvalue weighted by Crippen LogP contribution is 2.21. The first kappa shape index (κ1) is 15.7. The van der Waals surface area contributed by atoms with Gasteiger partial charge < -0.3 is 4.74 Å². The number of carbonyl (C=O) groups is 1. The number of esters is 1. The molecule has 1 aromatic rings. The third-order valence-corrected chi connectivity index (χ3v) is 4.61. The van der Waals surface area contributed by atoms with E-state index in [0.29, 0.717) is 11.1 Å². The van der Waals surface area contributed by atoms with Crippen molar-refractivity contribution in [3.05, 3.63) is 28.8 Å². The Morgan fingerprint density at radius 3 is 2.11 bits per heavy atom. The van der Waals surface area contributed by atoms with Gasteiger partial charge in [-0.25, -0.2) is 8.42 Å². The molecule has 0 aliphatic carbocycles. The number of methoxy groups -OCH3 is 1. The van der Waals surface area contributed by atoms with E-state index < -0.39 is 22.0 Å². The van der Waals surface area contributed by atoms with Crippen LogP contribution in [-0.4, -0.2) is 27.5 Å². The van der Waals surface area contributed by atoms with Gasteiger partial charge in [0.05, 0.1) is 12.0 Å². The van der Waals surface area contributed by atoms with Crippen molar-refractivity contribution in [2.24, 2.45) is 0 Å². The van der Waals surface area contributed by atoms with Gasteiger partial charge in [-0.1, -0.05) is 17.7 Å². The molecule has 1 aromatic carbocycles. The SMILES string of the molecule is COC(=O)C(C)NS(=O)(=O)c1c(C)cc(C)cc1C. The molecule has 0 saturated heterocycles. The molecule has 0 heterocycles. The summed E-state index contributed by atoms with van der Waals surface area (Å²) in [4.78, 5) is 11.5. The zero-order valence-electron chi connectivity index (χ0n) is 11.8. The van der Waals surface area contributed by atoms with E-state index in [4.69, 9.17) is 0 Å². The molecular formula is C13H19NO4S. The van der Waals surface area contributed by atoms with Crippen LogP contribution in [0.2, 0.25) is 0 Å². The Morgan fingerprint density at radius 2 is 1.68 bits per heavy atom. The molecule has 5 nitrogen and oxygen atoms in total. The topological polar surface area (TPSA) is 72.5 Å². The highest BCUT2D eigenvalue weighted by atomic mass is 32.2. The van der Waals surface area contributed by atoms with Gasteiger partial charge in [0.25, 0.3) is 0 Å². The summed E-state index contributed by atoms with van der Waals surface area (Å²) in [6.45, 7) is 6.82. The number of hydrogen-bond donors (Lipinski definition) is 1. The van der Waals surface area contributed by atoms with Gasteiger partial charge in [-0.2, -0.15) is 4.72 Å². The van der Waals surface area contributed by atoms with Gasteiger partial charge >= 0.3 is 5.97 Å². The van der Waals surface area contributed by atoms with E-state index >= 15 is 0 Å². The molecule has 1 N–H and O–H groups in total. The summed E-state index contributed by atoms with van der Waals surface area (Å²) in [5.41, 5.74) is 2.30.